The number of para-hydroxylation sites is 1. The summed E-state index contributed by atoms with van der Waals surface area (Å²) in [5.74, 6) is 1.34. The van der Waals surface area contributed by atoms with E-state index >= 15 is 0 Å². The zero-order valence-electron chi connectivity index (χ0n) is 18.1. The highest BCUT2D eigenvalue weighted by Crippen LogP contribution is 2.28. The molecule has 6 nitrogen and oxygen atoms in total. The van der Waals surface area contributed by atoms with E-state index in [4.69, 9.17) is 0 Å². The van der Waals surface area contributed by atoms with Crippen molar-refractivity contribution in [3.8, 4) is 17.1 Å². The molecule has 1 amide bonds. The molecule has 0 aliphatic heterocycles. The molecule has 2 aromatic carbocycles. The number of rotatable bonds is 8. The summed E-state index contributed by atoms with van der Waals surface area (Å²) < 4.78 is 1.95. The molecular formula is C25H25N5OS. The molecule has 4 rings (SSSR count). The summed E-state index contributed by atoms with van der Waals surface area (Å²) in [5.41, 5.74) is 3.86. The topological polar surface area (TPSA) is 72.7 Å². The number of amides is 1. The number of benzene rings is 2. The molecule has 0 aliphatic rings. The number of hydrogen-bond donors (Lipinski definition) is 1. The second-order valence-corrected chi connectivity index (χ2v) is 8.43. The van der Waals surface area contributed by atoms with Crippen LogP contribution in [0.25, 0.3) is 17.1 Å². The number of pyridine rings is 1. The lowest BCUT2D eigenvalue weighted by molar-refractivity contribution is -0.113. The standard InChI is InChI=1S/C25H25N5OS/c1-3-18(2)19-11-13-21(14-12-19)27-23(31)17-32-25-29-28-24(20-8-7-15-26-16-20)30(25)22-9-5-4-6-10-22/h4-16,18H,3,17H2,1-2H3,(H,27,31)/t18-/m0/s1. The molecule has 0 spiro atoms. The maximum Gasteiger partial charge on any atom is 0.234 e. The summed E-state index contributed by atoms with van der Waals surface area (Å²) in [6.07, 6.45) is 4.57. The fourth-order valence-electron chi connectivity index (χ4n) is 3.31. The fourth-order valence-corrected chi connectivity index (χ4v) is 4.06. The molecule has 32 heavy (non-hydrogen) atoms. The van der Waals surface area contributed by atoms with Crippen LogP contribution < -0.4 is 5.32 Å². The van der Waals surface area contributed by atoms with E-state index in [-0.39, 0.29) is 11.7 Å². The summed E-state index contributed by atoms with van der Waals surface area (Å²) in [6, 6.07) is 21.7. The van der Waals surface area contributed by atoms with Crippen molar-refractivity contribution in [1.29, 1.82) is 0 Å². The van der Waals surface area contributed by atoms with Crippen molar-refractivity contribution in [3.63, 3.8) is 0 Å². The van der Waals surface area contributed by atoms with Crippen LogP contribution in [-0.4, -0.2) is 31.4 Å². The van der Waals surface area contributed by atoms with Gasteiger partial charge in [0, 0.05) is 29.3 Å². The van der Waals surface area contributed by atoms with Gasteiger partial charge in [-0.3, -0.25) is 14.3 Å². The molecule has 0 radical (unpaired) electrons. The third-order valence-corrected chi connectivity index (χ3v) is 6.20. The molecule has 0 fully saturated rings. The minimum Gasteiger partial charge on any atom is -0.325 e. The molecule has 4 aromatic rings. The number of carbonyl (C=O) groups is 1. The molecule has 2 aromatic heterocycles. The first kappa shape index (κ1) is 21.8. The van der Waals surface area contributed by atoms with Crippen molar-refractivity contribution in [2.45, 2.75) is 31.3 Å². The zero-order chi connectivity index (χ0) is 22.3. The number of aromatic nitrogens is 4. The SMILES string of the molecule is CC[C@H](C)c1ccc(NC(=O)CSc2nnc(-c3cccnc3)n2-c2ccccc2)cc1. The van der Waals surface area contributed by atoms with Crippen LogP contribution in [0, 0.1) is 0 Å². The van der Waals surface area contributed by atoms with Gasteiger partial charge in [-0.2, -0.15) is 0 Å². The Morgan fingerprint density at radius 3 is 2.50 bits per heavy atom. The Labute approximate surface area is 192 Å². The molecule has 0 bridgehead atoms. The van der Waals surface area contributed by atoms with Gasteiger partial charge in [0.15, 0.2) is 11.0 Å². The van der Waals surface area contributed by atoms with Gasteiger partial charge in [-0.15, -0.1) is 10.2 Å². The molecule has 162 valence electrons. The maximum absolute atomic E-state index is 12.6. The largest absolute Gasteiger partial charge is 0.325 e. The molecule has 1 atom stereocenters. The molecule has 7 heteroatoms. The van der Waals surface area contributed by atoms with Gasteiger partial charge in [0.1, 0.15) is 0 Å². The monoisotopic (exact) mass is 443 g/mol. The summed E-state index contributed by atoms with van der Waals surface area (Å²) in [7, 11) is 0. The molecule has 0 saturated carbocycles. The fraction of sp³-hybridized carbons (Fsp3) is 0.200. The van der Waals surface area contributed by atoms with Gasteiger partial charge in [-0.1, -0.05) is 55.9 Å². The van der Waals surface area contributed by atoms with Gasteiger partial charge in [0.25, 0.3) is 0 Å². The van der Waals surface area contributed by atoms with Crippen molar-refractivity contribution in [3.05, 3.63) is 84.7 Å². The van der Waals surface area contributed by atoms with Crippen molar-refractivity contribution < 1.29 is 4.79 Å². The lowest BCUT2D eigenvalue weighted by atomic mass is 9.99. The van der Waals surface area contributed by atoms with Crippen LogP contribution in [0.5, 0.6) is 0 Å². The van der Waals surface area contributed by atoms with Gasteiger partial charge in [-0.05, 0) is 54.3 Å². The van der Waals surface area contributed by atoms with E-state index in [1.54, 1.807) is 12.4 Å². The predicted molar refractivity (Wildman–Crippen MR) is 129 cm³/mol. The first-order valence-corrected chi connectivity index (χ1v) is 11.6. The minimum absolute atomic E-state index is 0.0863. The van der Waals surface area contributed by atoms with E-state index in [2.05, 4.69) is 46.5 Å². The third-order valence-electron chi connectivity index (χ3n) is 5.28. The first-order valence-electron chi connectivity index (χ1n) is 10.6. The molecule has 0 saturated heterocycles. The Morgan fingerprint density at radius 2 is 1.81 bits per heavy atom. The number of nitrogens with zero attached hydrogens (tertiary/aromatic N) is 4. The van der Waals surface area contributed by atoms with Gasteiger partial charge < -0.3 is 5.32 Å². The van der Waals surface area contributed by atoms with Crippen LogP contribution in [0.15, 0.2) is 84.3 Å². The summed E-state index contributed by atoms with van der Waals surface area (Å²) in [4.78, 5) is 16.8. The molecule has 0 aliphatic carbocycles. The van der Waals surface area contributed by atoms with Crippen molar-refractivity contribution in [2.75, 3.05) is 11.1 Å². The van der Waals surface area contributed by atoms with Gasteiger partial charge in [0.2, 0.25) is 5.91 Å². The highest BCUT2D eigenvalue weighted by atomic mass is 32.2. The molecule has 1 N–H and O–H groups in total. The van der Waals surface area contributed by atoms with Crippen LogP contribution in [0.2, 0.25) is 0 Å². The van der Waals surface area contributed by atoms with Crippen LogP contribution in [0.4, 0.5) is 5.69 Å². The van der Waals surface area contributed by atoms with E-state index < -0.39 is 0 Å². The van der Waals surface area contributed by atoms with E-state index in [9.17, 15) is 4.79 Å². The molecule has 2 heterocycles. The van der Waals surface area contributed by atoms with Gasteiger partial charge in [0.05, 0.1) is 5.75 Å². The smallest absolute Gasteiger partial charge is 0.234 e. The van der Waals surface area contributed by atoms with E-state index in [1.165, 1.54) is 17.3 Å². The van der Waals surface area contributed by atoms with Crippen molar-refractivity contribution >= 4 is 23.4 Å². The number of thioether (sulfide) groups is 1. The average Bonchev–Trinajstić information content (AvgIpc) is 3.28. The summed E-state index contributed by atoms with van der Waals surface area (Å²) in [6.45, 7) is 4.37. The minimum atomic E-state index is -0.0863. The molecule has 0 unspecified atom stereocenters. The summed E-state index contributed by atoms with van der Waals surface area (Å²) >= 11 is 1.35. The lowest BCUT2D eigenvalue weighted by Crippen LogP contribution is -2.14. The van der Waals surface area contributed by atoms with Crippen LogP contribution in [0.1, 0.15) is 31.7 Å². The van der Waals surface area contributed by atoms with Crippen LogP contribution in [-0.2, 0) is 4.79 Å². The van der Waals surface area contributed by atoms with E-state index in [0.29, 0.717) is 16.9 Å². The second kappa shape index (κ2) is 10.2. The van der Waals surface area contributed by atoms with Crippen LogP contribution in [0.3, 0.4) is 0 Å². The van der Waals surface area contributed by atoms with E-state index in [1.807, 2.05) is 59.2 Å². The lowest BCUT2D eigenvalue weighted by Gasteiger charge is -2.11. The van der Waals surface area contributed by atoms with Gasteiger partial charge in [-0.25, -0.2) is 0 Å². The number of nitrogens with one attached hydrogen (secondary N) is 1. The second-order valence-electron chi connectivity index (χ2n) is 7.49. The maximum atomic E-state index is 12.6. The molecular weight excluding hydrogens is 418 g/mol. The highest BCUT2D eigenvalue weighted by Gasteiger charge is 2.17. The normalized spacial score (nSPS) is 11.8. The number of hydrogen-bond acceptors (Lipinski definition) is 5. The Hall–Kier alpha value is -3.45. The van der Waals surface area contributed by atoms with E-state index in [0.717, 1.165) is 23.4 Å². The predicted octanol–water partition coefficient (Wildman–Crippen LogP) is 5.57. The first-order chi connectivity index (χ1) is 15.7. The zero-order valence-corrected chi connectivity index (χ0v) is 18.9. The Kier molecular flexibility index (Phi) is 6.97. The summed E-state index contributed by atoms with van der Waals surface area (Å²) in [5, 5.41) is 12.4. The van der Waals surface area contributed by atoms with Crippen LogP contribution >= 0.6 is 11.8 Å². The third kappa shape index (κ3) is 5.06. The van der Waals surface area contributed by atoms with Crippen molar-refractivity contribution in [1.82, 2.24) is 19.7 Å². The quantitative estimate of drug-likeness (QED) is 0.360. The Bertz CT molecular complexity index is 1160. The Morgan fingerprint density at radius 1 is 1.03 bits per heavy atom. The number of carbonyl (C=O) groups excluding carboxylic acids is 1. The van der Waals surface area contributed by atoms with Crippen molar-refractivity contribution in [2.24, 2.45) is 0 Å². The number of anilines is 1. The highest BCUT2D eigenvalue weighted by molar-refractivity contribution is 7.99. The average molecular weight is 444 g/mol. The Balaban J connectivity index is 1.50. The van der Waals surface area contributed by atoms with Gasteiger partial charge >= 0.3 is 0 Å².